The van der Waals surface area contributed by atoms with Crippen LogP contribution in [0, 0.1) is 0 Å². The molecule has 1 saturated heterocycles. The maximum atomic E-state index is 12.7. The summed E-state index contributed by atoms with van der Waals surface area (Å²) in [6.07, 6.45) is 1.82. The summed E-state index contributed by atoms with van der Waals surface area (Å²) in [5.74, 6) is -0.367. The van der Waals surface area contributed by atoms with Crippen molar-refractivity contribution in [1.29, 1.82) is 0 Å². The standard InChI is InChI=1S/C23H29N7O3/c1-3-11-29-12-14-30(15-13-29)23(33)22(32)28-20-16-19(25-10-9-24-17(2)31)26-21(27-20)18-7-5-4-6-8-18/h3-8,16H,1,9-15H2,2H3,(H,24,31)(H2,25,26,27,28,32). The predicted molar refractivity (Wildman–Crippen MR) is 126 cm³/mol. The van der Waals surface area contributed by atoms with Gasteiger partial charge in [0.25, 0.3) is 0 Å². The predicted octanol–water partition coefficient (Wildman–Crippen LogP) is 0.960. The third-order valence-corrected chi connectivity index (χ3v) is 5.05. The summed E-state index contributed by atoms with van der Waals surface area (Å²) in [4.78, 5) is 49.0. The fourth-order valence-corrected chi connectivity index (χ4v) is 3.38. The Morgan fingerprint density at radius 3 is 2.39 bits per heavy atom. The van der Waals surface area contributed by atoms with Crippen LogP contribution in [0.5, 0.6) is 0 Å². The molecular weight excluding hydrogens is 422 g/mol. The second-order valence-electron chi connectivity index (χ2n) is 7.57. The summed E-state index contributed by atoms with van der Waals surface area (Å²) in [5.41, 5.74) is 0.767. The van der Waals surface area contributed by atoms with E-state index < -0.39 is 11.8 Å². The Hall–Kier alpha value is -3.79. The molecule has 1 aromatic carbocycles. The number of rotatable bonds is 8. The van der Waals surface area contributed by atoms with E-state index in [-0.39, 0.29) is 11.7 Å². The van der Waals surface area contributed by atoms with Gasteiger partial charge < -0.3 is 20.9 Å². The zero-order valence-corrected chi connectivity index (χ0v) is 18.7. The molecule has 0 unspecified atom stereocenters. The maximum Gasteiger partial charge on any atom is 0.315 e. The Morgan fingerprint density at radius 2 is 1.73 bits per heavy atom. The Morgan fingerprint density at radius 1 is 1.03 bits per heavy atom. The molecule has 10 heteroatoms. The SMILES string of the molecule is C=CCN1CCN(C(=O)C(=O)Nc2cc(NCCNC(C)=O)nc(-c3ccccc3)n2)CC1. The summed E-state index contributed by atoms with van der Waals surface area (Å²) in [5, 5.41) is 8.42. The zero-order valence-electron chi connectivity index (χ0n) is 18.7. The van der Waals surface area contributed by atoms with Gasteiger partial charge in [-0.3, -0.25) is 19.3 Å². The smallest absolute Gasteiger partial charge is 0.315 e. The summed E-state index contributed by atoms with van der Waals surface area (Å²) >= 11 is 0. The van der Waals surface area contributed by atoms with Gasteiger partial charge in [0.2, 0.25) is 5.91 Å². The lowest BCUT2D eigenvalue weighted by Crippen LogP contribution is -2.51. The minimum Gasteiger partial charge on any atom is -0.368 e. The van der Waals surface area contributed by atoms with Crippen molar-refractivity contribution in [3.63, 3.8) is 0 Å². The number of nitrogens with zero attached hydrogens (tertiary/aromatic N) is 4. The number of amides is 3. The fourth-order valence-electron chi connectivity index (χ4n) is 3.38. The highest BCUT2D eigenvalue weighted by atomic mass is 16.2. The van der Waals surface area contributed by atoms with Gasteiger partial charge in [0.1, 0.15) is 11.6 Å². The lowest BCUT2D eigenvalue weighted by atomic mass is 10.2. The number of aromatic nitrogens is 2. The van der Waals surface area contributed by atoms with E-state index in [1.54, 1.807) is 11.0 Å². The molecule has 3 amide bonds. The molecule has 3 N–H and O–H groups in total. The van der Waals surface area contributed by atoms with E-state index in [9.17, 15) is 14.4 Å². The Kier molecular flexibility index (Phi) is 8.48. The van der Waals surface area contributed by atoms with E-state index in [1.165, 1.54) is 6.92 Å². The third-order valence-electron chi connectivity index (χ3n) is 5.05. The van der Waals surface area contributed by atoms with E-state index in [1.807, 2.05) is 36.4 Å². The molecule has 0 spiro atoms. The number of piperazine rings is 1. The number of benzene rings is 1. The van der Waals surface area contributed by atoms with E-state index in [0.717, 1.165) is 12.1 Å². The first kappa shape index (κ1) is 23.9. The van der Waals surface area contributed by atoms with Crippen LogP contribution >= 0.6 is 0 Å². The van der Waals surface area contributed by atoms with Gasteiger partial charge in [-0.25, -0.2) is 9.97 Å². The summed E-state index contributed by atoms with van der Waals surface area (Å²) in [6.45, 7) is 9.14. The summed E-state index contributed by atoms with van der Waals surface area (Å²) < 4.78 is 0. The number of nitrogens with one attached hydrogen (secondary N) is 3. The molecule has 1 aliphatic rings. The molecule has 3 rings (SSSR count). The van der Waals surface area contributed by atoms with Crippen LogP contribution in [0.2, 0.25) is 0 Å². The highest BCUT2D eigenvalue weighted by Gasteiger charge is 2.26. The highest BCUT2D eigenvalue weighted by Crippen LogP contribution is 2.20. The number of carbonyl (C=O) groups excluding carboxylic acids is 3. The molecule has 1 fully saturated rings. The normalized spacial score (nSPS) is 13.8. The quantitative estimate of drug-likeness (QED) is 0.311. The number of carbonyl (C=O) groups is 3. The lowest BCUT2D eigenvalue weighted by Gasteiger charge is -2.33. The van der Waals surface area contributed by atoms with Crippen molar-refractivity contribution in [2.75, 3.05) is 56.4 Å². The van der Waals surface area contributed by atoms with Crippen LogP contribution in [0.3, 0.4) is 0 Å². The second-order valence-corrected chi connectivity index (χ2v) is 7.57. The summed E-state index contributed by atoms with van der Waals surface area (Å²) in [7, 11) is 0. The third kappa shape index (κ3) is 7.11. The van der Waals surface area contributed by atoms with Gasteiger partial charge in [-0.1, -0.05) is 36.4 Å². The molecule has 1 aliphatic heterocycles. The van der Waals surface area contributed by atoms with Crippen molar-refractivity contribution in [2.45, 2.75) is 6.92 Å². The molecule has 2 aromatic rings. The molecule has 0 aliphatic carbocycles. The average molecular weight is 452 g/mol. The largest absolute Gasteiger partial charge is 0.368 e. The zero-order chi connectivity index (χ0) is 23.6. The van der Waals surface area contributed by atoms with Gasteiger partial charge in [-0.2, -0.15) is 0 Å². The lowest BCUT2D eigenvalue weighted by molar-refractivity contribution is -0.144. The van der Waals surface area contributed by atoms with Crippen molar-refractivity contribution in [1.82, 2.24) is 25.1 Å². The minimum atomic E-state index is -0.742. The molecule has 2 heterocycles. The van der Waals surface area contributed by atoms with Crippen molar-refractivity contribution in [3.05, 3.63) is 49.1 Å². The van der Waals surface area contributed by atoms with Crippen LogP contribution in [0.15, 0.2) is 49.1 Å². The fraction of sp³-hybridized carbons (Fsp3) is 0.348. The van der Waals surface area contributed by atoms with E-state index >= 15 is 0 Å². The van der Waals surface area contributed by atoms with E-state index in [4.69, 9.17) is 0 Å². The van der Waals surface area contributed by atoms with Crippen molar-refractivity contribution >= 4 is 29.4 Å². The highest BCUT2D eigenvalue weighted by molar-refractivity contribution is 6.39. The van der Waals surface area contributed by atoms with Gasteiger partial charge in [-0.05, 0) is 0 Å². The first-order valence-electron chi connectivity index (χ1n) is 10.8. The molecule has 0 radical (unpaired) electrons. The van der Waals surface area contributed by atoms with Crippen molar-refractivity contribution in [2.24, 2.45) is 0 Å². The Labute approximate surface area is 193 Å². The van der Waals surface area contributed by atoms with Crippen LogP contribution in [-0.2, 0) is 14.4 Å². The van der Waals surface area contributed by atoms with Crippen molar-refractivity contribution in [3.8, 4) is 11.4 Å². The first-order valence-corrected chi connectivity index (χ1v) is 10.8. The van der Waals surface area contributed by atoms with E-state index in [2.05, 4.69) is 37.4 Å². The van der Waals surface area contributed by atoms with E-state index in [0.29, 0.717) is 50.9 Å². The van der Waals surface area contributed by atoms with Gasteiger partial charge in [0, 0.05) is 64.4 Å². The van der Waals surface area contributed by atoms with Gasteiger partial charge >= 0.3 is 11.8 Å². The van der Waals surface area contributed by atoms with Crippen LogP contribution < -0.4 is 16.0 Å². The topological polar surface area (TPSA) is 120 Å². The van der Waals surface area contributed by atoms with Crippen LogP contribution in [-0.4, -0.2) is 83.3 Å². The Bertz CT molecular complexity index is 989. The van der Waals surface area contributed by atoms with Gasteiger partial charge in [0.15, 0.2) is 5.82 Å². The van der Waals surface area contributed by atoms with Gasteiger partial charge in [-0.15, -0.1) is 6.58 Å². The first-order chi connectivity index (χ1) is 16.0. The maximum absolute atomic E-state index is 12.7. The summed E-state index contributed by atoms with van der Waals surface area (Å²) in [6, 6.07) is 10.9. The molecular formula is C23H29N7O3. The monoisotopic (exact) mass is 451 g/mol. The molecule has 10 nitrogen and oxygen atoms in total. The molecule has 0 saturated carbocycles. The molecule has 1 aromatic heterocycles. The molecule has 33 heavy (non-hydrogen) atoms. The molecule has 174 valence electrons. The Balaban J connectivity index is 1.70. The number of hydrogen-bond acceptors (Lipinski definition) is 7. The van der Waals surface area contributed by atoms with Crippen LogP contribution in [0.1, 0.15) is 6.92 Å². The molecule has 0 atom stereocenters. The van der Waals surface area contributed by atoms with Crippen molar-refractivity contribution < 1.29 is 14.4 Å². The number of hydrogen-bond donors (Lipinski definition) is 3. The van der Waals surface area contributed by atoms with Gasteiger partial charge in [0.05, 0.1) is 0 Å². The second kappa shape index (κ2) is 11.7. The van der Waals surface area contributed by atoms with Crippen LogP contribution in [0.4, 0.5) is 11.6 Å². The minimum absolute atomic E-state index is 0.124. The van der Waals surface area contributed by atoms with Crippen LogP contribution in [0.25, 0.3) is 11.4 Å². The average Bonchev–Trinajstić information content (AvgIpc) is 2.82. The number of anilines is 2. The molecule has 0 bridgehead atoms.